The molecule has 2 N–H and O–H groups in total. The fraction of sp³-hybridized carbons (Fsp3) is 0.345. The summed E-state index contributed by atoms with van der Waals surface area (Å²) in [7, 11) is 0. The van der Waals surface area contributed by atoms with Gasteiger partial charge in [-0.2, -0.15) is 0 Å². The van der Waals surface area contributed by atoms with E-state index in [1.807, 2.05) is 30.3 Å². The first-order chi connectivity index (χ1) is 18.8. The van der Waals surface area contributed by atoms with E-state index in [4.69, 9.17) is 0 Å². The Morgan fingerprint density at radius 3 is 2.69 bits per heavy atom. The van der Waals surface area contributed by atoms with Crippen molar-refractivity contribution >= 4 is 34.9 Å². The number of imide groups is 1. The van der Waals surface area contributed by atoms with E-state index in [0.717, 1.165) is 61.1 Å². The van der Waals surface area contributed by atoms with Crippen molar-refractivity contribution < 1.29 is 14.0 Å². The van der Waals surface area contributed by atoms with E-state index in [-0.39, 0.29) is 5.24 Å². The number of hydrogen-bond acceptors (Lipinski definition) is 8. The lowest BCUT2D eigenvalue weighted by atomic mass is 9.95. The maximum Gasteiger partial charge on any atom is 0.290 e. The molecule has 2 saturated heterocycles. The maximum absolute atomic E-state index is 14.5. The van der Waals surface area contributed by atoms with Gasteiger partial charge in [-0.1, -0.05) is 24.3 Å². The Hall–Kier alpha value is -3.63. The molecule has 39 heavy (non-hydrogen) atoms. The number of thioether (sulfide) groups is 1. The molecule has 202 valence electrons. The van der Waals surface area contributed by atoms with E-state index in [1.54, 1.807) is 38.4 Å². The Bertz CT molecular complexity index is 1400. The Kier molecular flexibility index (Phi) is 8.04. The van der Waals surface area contributed by atoms with Crippen molar-refractivity contribution in [3.05, 3.63) is 76.6 Å². The van der Waals surface area contributed by atoms with Gasteiger partial charge in [0.1, 0.15) is 5.67 Å². The normalized spacial score (nSPS) is 17.6. The molecular formula is C29H31FN6O2S. The fourth-order valence-electron chi connectivity index (χ4n) is 4.78. The van der Waals surface area contributed by atoms with Gasteiger partial charge in [0.2, 0.25) is 5.95 Å². The number of nitrogens with one attached hydrogen (secondary N) is 2. The lowest BCUT2D eigenvalue weighted by Gasteiger charge is -2.32. The molecule has 2 fully saturated rings. The van der Waals surface area contributed by atoms with E-state index in [9.17, 15) is 14.0 Å². The van der Waals surface area contributed by atoms with Gasteiger partial charge in [0.15, 0.2) is 0 Å². The molecule has 1 aromatic carbocycles. The van der Waals surface area contributed by atoms with Crippen LogP contribution in [0.1, 0.15) is 43.5 Å². The van der Waals surface area contributed by atoms with Gasteiger partial charge >= 0.3 is 0 Å². The third kappa shape index (κ3) is 6.69. The first kappa shape index (κ1) is 27.0. The molecular weight excluding hydrogens is 515 g/mol. The van der Waals surface area contributed by atoms with Crippen molar-refractivity contribution in [3.8, 4) is 11.3 Å². The summed E-state index contributed by atoms with van der Waals surface area (Å²) in [5.74, 6) is 0.755. The lowest BCUT2D eigenvalue weighted by Crippen LogP contribution is -2.38. The Balaban J connectivity index is 1.15. The zero-order valence-electron chi connectivity index (χ0n) is 22.0. The van der Waals surface area contributed by atoms with E-state index in [1.165, 1.54) is 0 Å². The molecule has 0 aliphatic carbocycles. The summed E-state index contributed by atoms with van der Waals surface area (Å²) >= 11 is 0.879. The fourth-order valence-corrected chi connectivity index (χ4v) is 5.44. The first-order valence-corrected chi connectivity index (χ1v) is 13.9. The number of pyridine rings is 1. The zero-order valence-corrected chi connectivity index (χ0v) is 22.8. The van der Waals surface area contributed by atoms with E-state index in [0.29, 0.717) is 34.6 Å². The van der Waals surface area contributed by atoms with Crippen LogP contribution in [0.15, 0.2) is 59.8 Å². The Morgan fingerprint density at radius 1 is 1.13 bits per heavy atom. The molecule has 0 saturated carbocycles. The van der Waals surface area contributed by atoms with Crippen LogP contribution in [-0.2, 0) is 17.0 Å². The third-order valence-electron chi connectivity index (χ3n) is 6.94. The Morgan fingerprint density at radius 2 is 1.95 bits per heavy atom. The van der Waals surface area contributed by atoms with Crippen LogP contribution in [0, 0.1) is 5.92 Å². The molecule has 8 nitrogen and oxygen atoms in total. The number of carbonyl (C=O) groups is 2. The predicted molar refractivity (Wildman–Crippen MR) is 152 cm³/mol. The summed E-state index contributed by atoms with van der Waals surface area (Å²) in [5, 5.41) is 5.49. The monoisotopic (exact) mass is 546 g/mol. The number of piperidine rings is 1. The van der Waals surface area contributed by atoms with Gasteiger partial charge < -0.3 is 10.2 Å². The topological polar surface area (TPSA) is 100 Å². The summed E-state index contributed by atoms with van der Waals surface area (Å²) in [6.07, 6.45) is 7.08. The molecule has 0 spiro atoms. The molecule has 2 aromatic heterocycles. The second-order valence-corrected chi connectivity index (χ2v) is 11.3. The number of alkyl halides is 1. The summed E-state index contributed by atoms with van der Waals surface area (Å²) in [5.41, 5.74) is 2.70. The standard InChI is InChI=1S/C29H31FN6O2S/c1-29(2,30)22-7-3-5-20(15-22)25-21(6-4-11-32-25)18-31-17-19-9-13-36(14-10-19)27-33-12-8-23(34-27)16-24-26(37)35-28(38)39-24/h3-8,11-12,15-16,19,31H,9-10,13-14,17-18H2,1-2H3,(H,35,37,38)/b24-16-. The van der Waals surface area contributed by atoms with Crippen LogP contribution >= 0.6 is 11.8 Å². The Labute approximate surface area is 231 Å². The summed E-state index contributed by atoms with van der Waals surface area (Å²) in [6, 6.07) is 13.3. The lowest BCUT2D eigenvalue weighted by molar-refractivity contribution is -0.115. The third-order valence-corrected chi connectivity index (χ3v) is 7.76. The van der Waals surface area contributed by atoms with Crippen LogP contribution in [0.5, 0.6) is 0 Å². The molecule has 0 unspecified atom stereocenters. The molecule has 0 radical (unpaired) electrons. The van der Waals surface area contributed by atoms with Gasteiger partial charge in [0.25, 0.3) is 11.1 Å². The number of amides is 2. The van der Waals surface area contributed by atoms with Gasteiger partial charge in [-0.25, -0.2) is 14.4 Å². The first-order valence-electron chi connectivity index (χ1n) is 13.0. The van der Waals surface area contributed by atoms with Gasteiger partial charge in [0, 0.05) is 37.6 Å². The van der Waals surface area contributed by atoms with Gasteiger partial charge in [-0.15, -0.1) is 0 Å². The van der Waals surface area contributed by atoms with Gasteiger partial charge in [-0.05, 0) is 86.3 Å². The summed E-state index contributed by atoms with van der Waals surface area (Å²) < 4.78 is 14.5. The number of rotatable bonds is 8. The number of aromatic nitrogens is 3. The van der Waals surface area contributed by atoms with E-state index >= 15 is 0 Å². The van der Waals surface area contributed by atoms with E-state index in [2.05, 4.69) is 36.6 Å². The van der Waals surface area contributed by atoms with Crippen molar-refractivity contribution in [1.29, 1.82) is 0 Å². The summed E-state index contributed by atoms with van der Waals surface area (Å²) in [6.45, 7) is 6.37. The van der Waals surface area contributed by atoms with Crippen molar-refractivity contribution in [2.24, 2.45) is 5.92 Å². The highest BCUT2D eigenvalue weighted by atomic mass is 32.2. The van der Waals surface area contributed by atoms with E-state index < -0.39 is 11.6 Å². The SMILES string of the molecule is CC(C)(F)c1cccc(-c2ncccc2CNCC2CCN(c3nccc(/C=C4\SC(=O)NC4=O)n3)CC2)c1. The quantitative estimate of drug-likeness (QED) is 0.378. The van der Waals surface area contributed by atoms with Gasteiger partial charge in [-0.3, -0.25) is 19.9 Å². The average Bonchev–Trinajstić information content (AvgIpc) is 3.25. The number of nitrogens with zero attached hydrogens (tertiary/aromatic N) is 4. The molecule has 2 aliphatic heterocycles. The van der Waals surface area contributed by atoms with Crippen LogP contribution < -0.4 is 15.5 Å². The van der Waals surface area contributed by atoms with Crippen LogP contribution in [0.25, 0.3) is 17.3 Å². The second kappa shape index (κ2) is 11.6. The van der Waals surface area contributed by atoms with Gasteiger partial charge in [0.05, 0.1) is 16.3 Å². The number of hydrogen-bond donors (Lipinski definition) is 2. The van der Waals surface area contributed by atoms with Crippen LogP contribution in [0.3, 0.4) is 0 Å². The molecule has 3 aromatic rings. The van der Waals surface area contributed by atoms with Crippen LogP contribution in [0.4, 0.5) is 15.1 Å². The zero-order chi connectivity index (χ0) is 27.4. The number of benzene rings is 1. The molecule has 5 rings (SSSR count). The smallest absolute Gasteiger partial charge is 0.290 e. The molecule has 2 amide bonds. The minimum atomic E-state index is -1.41. The summed E-state index contributed by atoms with van der Waals surface area (Å²) in [4.78, 5) is 39.4. The number of anilines is 1. The van der Waals surface area contributed by atoms with Crippen LogP contribution in [0.2, 0.25) is 0 Å². The highest BCUT2D eigenvalue weighted by molar-refractivity contribution is 8.18. The highest BCUT2D eigenvalue weighted by Gasteiger charge is 2.26. The molecule has 10 heteroatoms. The minimum absolute atomic E-state index is 0.338. The molecule has 4 heterocycles. The number of carbonyl (C=O) groups excluding carboxylic acids is 2. The van der Waals surface area contributed by atoms with Crippen molar-refractivity contribution in [2.45, 2.75) is 38.9 Å². The minimum Gasteiger partial charge on any atom is -0.341 e. The molecule has 0 atom stereocenters. The average molecular weight is 547 g/mol. The second-order valence-electron chi connectivity index (χ2n) is 10.3. The largest absolute Gasteiger partial charge is 0.341 e. The molecule has 0 bridgehead atoms. The van der Waals surface area contributed by atoms with Crippen molar-refractivity contribution in [3.63, 3.8) is 0 Å². The van der Waals surface area contributed by atoms with Crippen molar-refractivity contribution in [2.75, 3.05) is 24.5 Å². The highest BCUT2D eigenvalue weighted by Crippen LogP contribution is 2.30. The molecule has 2 aliphatic rings. The number of halogens is 1. The van der Waals surface area contributed by atoms with Crippen LogP contribution in [-0.4, -0.2) is 45.7 Å². The maximum atomic E-state index is 14.5. The van der Waals surface area contributed by atoms with Crippen molar-refractivity contribution in [1.82, 2.24) is 25.6 Å². The predicted octanol–water partition coefficient (Wildman–Crippen LogP) is 5.07.